The Bertz CT molecular complexity index is 507. The van der Waals surface area contributed by atoms with Gasteiger partial charge in [0, 0.05) is 18.1 Å². The minimum absolute atomic E-state index is 0.0527. The first-order valence-electron chi connectivity index (χ1n) is 6.69. The van der Waals surface area contributed by atoms with Gasteiger partial charge in [-0.2, -0.15) is 0 Å². The summed E-state index contributed by atoms with van der Waals surface area (Å²) in [6.45, 7) is 0. The summed E-state index contributed by atoms with van der Waals surface area (Å²) in [5.41, 5.74) is 0.784. The molecule has 1 fully saturated rings. The van der Waals surface area contributed by atoms with Gasteiger partial charge in [-0.05, 0) is 30.5 Å². The van der Waals surface area contributed by atoms with Gasteiger partial charge in [-0.15, -0.1) is 0 Å². The Kier molecular flexibility index (Phi) is 4.87. The van der Waals surface area contributed by atoms with E-state index in [0.29, 0.717) is 5.02 Å². The summed E-state index contributed by atoms with van der Waals surface area (Å²) >= 11 is 5.81. The molecule has 1 aromatic carbocycles. The molecule has 1 aromatic rings. The maximum Gasteiger partial charge on any atom is 0.218 e. The van der Waals surface area contributed by atoms with Gasteiger partial charge in [0.05, 0.1) is 5.75 Å². The highest BCUT2D eigenvalue weighted by Gasteiger charge is 2.27. The van der Waals surface area contributed by atoms with Crippen molar-refractivity contribution in [1.29, 1.82) is 0 Å². The Morgan fingerprint density at radius 2 is 1.74 bits per heavy atom. The normalized spacial score (nSPS) is 17.8. The number of benzene rings is 1. The van der Waals surface area contributed by atoms with Crippen molar-refractivity contribution >= 4 is 21.6 Å². The van der Waals surface area contributed by atoms with Gasteiger partial charge in [-0.1, -0.05) is 43.0 Å². The average Bonchev–Trinajstić information content (AvgIpc) is 2.41. The molecule has 0 heterocycles. The number of hydrogen-bond donors (Lipinski definition) is 0. The predicted octanol–water partition coefficient (Wildman–Crippen LogP) is 3.43. The van der Waals surface area contributed by atoms with Crippen molar-refractivity contribution in [2.45, 2.75) is 43.9 Å². The highest BCUT2D eigenvalue weighted by Crippen LogP contribution is 2.25. The first kappa shape index (κ1) is 14.8. The Morgan fingerprint density at radius 1 is 1.16 bits per heavy atom. The second-order valence-electron chi connectivity index (χ2n) is 5.19. The fraction of sp³-hybridized carbons (Fsp3) is 0.571. The van der Waals surface area contributed by atoms with Crippen molar-refractivity contribution in [2.75, 3.05) is 7.05 Å². The van der Waals surface area contributed by atoms with E-state index in [2.05, 4.69) is 0 Å². The van der Waals surface area contributed by atoms with Crippen LogP contribution < -0.4 is 0 Å². The maximum atomic E-state index is 12.4. The number of halogens is 1. The summed E-state index contributed by atoms with van der Waals surface area (Å²) in [6, 6.07) is 7.18. The van der Waals surface area contributed by atoms with Gasteiger partial charge in [0.25, 0.3) is 0 Å². The van der Waals surface area contributed by atoms with Crippen LogP contribution in [-0.4, -0.2) is 25.8 Å². The second kappa shape index (κ2) is 6.25. The topological polar surface area (TPSA) is 37.4 Å². The summed E-state index contributed by atoms with van der Waals surface area (Å²) in [5, 5.41) is 0.627. The van der Waals surface area contributed by atoms with Crippen LogP contribution in [0.1, 0.15) is 37.7 Å². The van der Waals surface area contributed by atoms with Crippen LogP contribution in [0.15, 0.2) is 24.3 Å². The van der Waals surface area contributed by atoms with Gasteiger partial charge in [0.1, 0.15) is 0 Å². The van der Waals surface area contributed by atoms with E-state index in [-0.39, 0.29) is 11.8 Å². The number of rotatable bonds is 4. The summed E-state index contributed by atoms with van der Waals surface area (Å²) < 4.78 is 26.3. The fourth-order valence-corrected chi connectivity index (χ4v) is 4.17. The van der Waals surface area contributed by atoms with Crippen LogP contribution in [0.3, 0.4) is 0 Å². The molecule has 3 nitrogen and oxygen atoms in total. The lowest BCUT2D eigenvalue weighted by Gasteiger charge is -2.30. The van der Waals surface area contributed by atoms with Gasteiger partial charge in [-0.25, -0.2) is 12.7 Å². The highest BCUT2D eigenvalue weighted by atomic mass is 35.5. The molecule has 0 saturated heterocycles. The zero-order valence-corrected chi connectivity index (χ0v) is 12.8. The lowest BCUT2D eigenvalue weighted by atomic mass is 9.96. The summed E-state index contributed by atoms with van der Waals surface area (Å²) in [5.74, 6) is 0.0527. The Hall–Kier alpha value is -0.580. The minimum atomic E-state index is -3.24. The molecule has 0 N–H and O–H groups in total. The minimum Gasteiger partial charge on any atom is -0.212 e. The molecule has 1 aliphatic rings. The van der Waals surface area contributed by atoms with E-state index < -0.39 is 10.0 Å². The standard InChI is InChI=1S/C14H20ClNO2S/c1-16(14-5-3-2-4-6-14)19(17,18)11-12-7-9-13(15)10-8-12/h7-10,14H,2-6,11H2,1H3. The first-order valence-corrected chi connectivity index (χ1v) is 8.68. The maximum absolute atomic E-state index is 12.4. The van der Waals surface area contributed by atoms with Crippen LogP contribution in [-0.2, 0) is 15.8 Å². The molecule has 0 aliphatic heterocycles. The van der Waals surface area contributed by atoms with Crippen LogP contribution in [0.4, 0.5) is 0 Å². The van der Waals surface area contributed by atoms with Crippen LogP contribution >= 0.6 is 11.6 Å². The van der Waals surface area contributed by atoms with Crippen LogP contribution in [0.25, 0.3) is 0 Å². The van der Waals surface area contributed by atoms with Gasteiger partial charge < -0.3 is 0 Å². The number of hydrogen-bond acceptors (Lipinski definition) is 2. The zero-order chi connectivity index (χ0) is 13.9. The third kappa shape index (κ3) is 3.94. The number of sulfonamides is 1. The third-order valence-corrected chi connectivity index (χ3v) is 5.92. The molecule has 0 amide bonds. The molecule has 0 unspecified atom stereocenters. The summed E-state index contributed by atoms with van der Waals surface area (Å²) in [4.78, 5) is 0. The van der Waals surface area contributed by atoms with E-state index in [0.717, 1.165) is 31.2 Å². The van der Waals surface area contributed by atoms with Crippen molar-refractivity contribution in [3.8, 4) is 0 Å². The molecule has 19 heavy (non-hydrogen) atoms. The van der Waals surface area contributed by atoms with E-state index in [1.165, 1.54) is 6.42 Å². The molecule has 1 saturated carbocycles. The molecular formula is C14H20ClNO2S. The van der Waals surface area contributed by atoms with Crippen molar-refractivity contribution in [3.63, 3.8) is 0 Å². The van der Waals surface area contributed by atoms with Crippen molar-refractivity contribution < 1.29 is 8.42 Å². The molecular weight excluding hydrogens is 282 g/mol. The molecule has 0 radical (unpaired) electrons. The van der Waals surface area contributed by atoms with Crippen molar-refractivity contribution in [2.24, 2.45) is 0 Å². The van der Waals surface area contributed by atoms with E-state index in [4.69, 9.17) is 11.6 Å². The Labute approximate surface area is 120 Å². The molecule has 0 bridgehead atoms. The lowest BCUT2D eigenvalue weighted by Crippen LogP contribution is -2.38. The fourth-order valence-electron chi connectivity index (χ4n) is 2.56. The van der Waals surface area contributed by atoms with E-state index >= 15 is 0 Å². The molecule has 0 aromatic heterocycles. The Balaban J connectivity index is 2.06. The largest absolute Gasteiger partial charge is 0.218 e. The molecule has 0 spiro atoms. The van der Waals surface area contributed by atoms with Gasteiger partial charge in [-0.3, -0.25) is 0 Å². The monoisotopic (exact) mass is 301 g/mol. The Morgan fingerprint density at radius 3 is 2.32 bits per heavy atom. The van der Waals surface area contributed by atoms with Crippen LogP contribution in [0.5, 0.6) is 0 Å². The SMILES string of the molecule is CN(C1CCCCC1)S(=O)(=O)Cc1ccc(Cl)cc1. The van der Waals surface area contributed by atoms with E-state index in [9.17, 15) is 8.42 Å². The third-order valence-electron chi connectivity index (χ3n) is 3.79. The molecule has 0 atom stereocenters. The molecule has 106 valence electrons. The first-order chi connectivity index (χ1) is 8.99. The van der Waals surface area contributed by atoms with Gasteiger partial charge in [0.15, 0.2) is 0 Å². The molecule has 5 heteroatoms. The van der Waals surface area contributed by atoms with E-state index in [1.54, 1.807) is 35.6 Å². The van der Waals surface area contributed by atoms with Crippen LogP contribution in [0.2, 0.25) is 5.02 Å². The predicted molar refractivity (Wildman–Crippen MR) is 78.7 cm³/mol. The average molecular weight is 302 g/mol. The lowest BCUT2D eigenvalue weighted by molar-refractivity contribution is 0.285. The molecule has 1 aliphatic carbocycles. The quantitative estimate of drug-likeness (QED) is 0.854. The van der Waals surface area contributed by atoms with E-state index in [1.807, 2.05) is 0 Å². The second-order valence-corrected chi connectivity index (χ2v) is 7.66. The van der Waals surface area contributed by atoms with Crippen LogP contribution in [0, 0.1) is 0 Å². The van der Waals surface area contributed by atoms with Crippen molar-refractivity contribution in [3.05, 3.63) is 34.9 Å². The summed E-state index contributed by atoms with van der Waals surface area (Å²) in [6.07, 6.45) is 5.45. The highest BCUT2D eigenvalue weighted by molar-refractivity contribution is 7.88. The smallest absolute Gasteiger partial charge is 0.212 e. The van der Waals surface area contributed by atoms with Gasteiger partial charge >= 0.3 is 0 Å². The number of nitrogens with zero attached hydrogens (tertiary/aromatic N) is 1. The van der Waals surface area contributed by atoms with Crippen molar-refractivity contribution in [1.82, 2.24) is 4.31 Å². The zero-order valence-electron chi connectivity index (χ0n) is 11.2. The molecule has 2 rings (SSSR count). The summed E-state index contributed by atoms with van der Waals surface area (Å²) in [7, 11) is -1.53. The van der Waals surface area contributed by atoms with Gasteiger partial charge in [0.2, 0.25) is 10.0 Å².